The van der Waals surface area contributed by atoms with Crippen LogP contribution in [0.4, 0.5) is 0 Å². The zero-order valence-electron chi connectivity index (χ0n) is 31.9. The molecule has 0 N–H and O–H groups in total. The SMILES string of the molecule is Cc1sc(Cl)cc1C1=C(c2cc(-c3ccc4c(c3)C3c5ccccc5C4c4cc(-c5cc(C6=C(c7cc(Cl)sc7C)CCC6)c(C)s5)ccc43)sc2C)CCC1. The Morgan fingerprint density at radius 3 is 1.14 bits per heavy atom. The van der Waals surface area contributed by atoms with Crippen molar-refractivity contribution in [3.05, 3.63) is 169 Å². The van der Waals surface area contributed by atoms with Crippen LogP contribution in [-0.2, 0) is 0 Å². The lowest BCUT2D eigenvalue weighted by molar-refractivity contribution is 0.755. The minimum atomic E-state index is 0.235. The average molecular weight is 840 g/mol. The van der Waals surface area contributed by atoms with Crippen molar-refractivity contribution in [2.75, 3.05) is 0 Å². The molecule has 0 spiro atoms. The quantitative estimate of drug-likeness (QED) is 0.156. The number of thiophene rings is 4. The van der Waals surface area contributed by atoms with Crippen LogP contribution in [0.25, 0.3) is 43.2 Å². The average Bonchev–Trinajstić information content (AvgIpc) is 4.06. The third-order valence-electron chi connectivity index (χ3n) is 13.0. The van der Waals surface area contributed by atoms with Gasteiger partial charge in [-0.05, 0) is 192 Å². The van der Waals surface area contributed by atoms with E-state index in [2.05, 4.69) is 113 Å². The van der Waals surface area contributed by atoms with Gasteiger partial charge in [0.15, 0.2) is 0 Å². The van der Waals surface area contributed by atoms with E-state index in [1.54, 1.807) is 22.7 Å². The van der Waals surface area contributed by atoms with E-state index in [0.29, 0.717) is 0 Å². The normalized spacial score (nSPS) is 18.3. The molecule has 2 unspecified atom stereocenters. The highest BCUT2D eigenvalue weighted by molar-refractivity contribution is 7.17. The molecule has 5 aliphatic carbocycles. The number of hydrogen-bond donors (Lipinski definition) is 0. The molecule has 56 heavy (non-hydrogen) atoms. The maximum Gasteiger partial charge on any atom is 0.0937 e. The van der Waals surface area contributed by atoms with Crippen molar-refractivity contribution in [3.8, 4) is 20.9 Å². The maximum atomic E-state index is 6.49. The fraction of sp³-hybridized carbons (Fsp3) is 0.240. The van der Waals surface area contributed by atoms with E-state index in [0.717, 1.165) is 34.4 Å². The summed E-state index contributed by atoms with van der Waals surface area (Å²) >= 11 is 20.3. The van der Waals surface area contributed by atoms with E-state index in [1.807, 2.05) is 22.7 Å². The van der Waals surface area contributed by atoms with E-state index in [1.165, 1.54) is 131 Å². The monoisotopic (exact) mass is 838 g/mol. The van der Waals surface area contributed by atoms with Gasteiger partial charge in [-0.3, -0.25) is 0 Å². The molecule has 0 saturated carbocycles. The van der Waals surface area contributed by atoms with Crippen molar-refractivity contribution >= 4 is 90.8 Å². The third kappa shape index (κ3) is 5.54. The van der Waals surface area contributed by atoms with Crippen LogP contribution < -0.4 is 0 Å². The van der Waals surface area contributed by atoms with Crippen LogP contribution in [0.5, 0.6) is 0 Å². The van der Waals surface area contributed by atoms with E-state index in [-0.39, 0.29) is 11.8 Å². The predicted octanol–water partition coefficient (Wildman–Crippen LogP) is 17.0. The summed E-state index contributed by atoms with van der Waals surface area (Å²) in [6.07, 6.45) is 6.96. The number of hydrogen-bond acceptors (Lipinski definition) is 4. The van der Waals surface area contributed by atoms with Crippen LogP contribution in [0.2, 0.25) is 8.67 Å². The lowest BCUT2D eigenvalue weighted by atomic mass is 9.60. The molecule has 278 valence electrons. The molecular weight excluding hydrogens is 800 g/mol. The second kappa shape index (κ2) is 13.5. The number of allylic oxidation sites excluding steroid dienone is 4. The Morgan fingerprint density at radius 2 is 0.768 bits per heavy atom. The van der Waals surface area contributed by atoms with Gasteiger partial charge < -0.3 is 0 Å². The molecule has 12 rings (SSSR count). The lowest BCUT2D eigenvalue weighted by Crippen LogP contribution is -2.27. The summed E-state index contributed by atoms with van der Waals surface area (Å²) in [7, 11) is 0. The molecule has 0 fully saturated rings. The molecule has 4 heterocycles. The fourth-order valence-corrected chi connectivity index (χ4v) is 15.1. The lowest BCUT2D eigenvalue weighted by Gasteiger charge is -2.42. The zero-order chi connectivity index (χ0) is 38.0. The summed E-state index contributed by atoms with van der Waals surface area (Å²) in [4.78, 5) is 8.22. The molecular formula is C50H40Cl2S4. The first kappa shape index (κ1) is 35.7. The first-order valence-corrected chi connectivity index (χ1v) is 23.8. The summed E-state index contributed by atoms with van der Waals surface area (Å²) in [5.74, 6) is 0.470. The number of halogens is 2. The number of aryl methyl sites for hydroxylation is 4. The van der Waals surface area contributed by atoms with Gasteiger partial charge in [-0.1, -0.05) is 71.7 Å². The largest absolute Gasteiger partial charge is 0.140 e. The molecule has 5 aliphatic rings. The van der Waals surface area contributed by atoms with Gasteiger partial charge >= 0.3 is 0 Å². The maximum absolute atomic E-state index is 6.49. The van der Waals surface area contributed by atoms with Gasteiger partial charge in [0.1, 0.15) is 0 Å². The Morgan fingerprint density at radius 1 is 0.411 bits per heavy atom. The highest BCUT2D eigenvalue weighted by Gasteiger charge is 2.41. The minimum absolute atomic E-state index is 0.235. The molecule has 7 aromatic rings. The van der Waals surface area contributed by atoms with E-state index in [9.17, 15) is 0 Å². The Kier molecular flexibility index (Phi) is 8.63. The minimum Gasteiger partial charge on any atom is -0.140 e. The summed E-state index contributed by atoms with van der Waals surface area (Å²) in [5, 5.41) is 0. The number of benzene rings is 3. The molecule has 2 atom stereocenters. The highest BCUT2D eigenvalue weighted by Crippen LogP contribution is 2.58. The Hall–Kier alpha value is -3.48. The first-order valence-electron chi connectivity index (χ1n) is 19.8. The molecule has 4 aromatic heterocycles. The van der Waals surface area contributed by atoms with Crippen molar-refractivity contribution < 1.29 is 0 Å². The Balaban J connectivity index is 0.971. The zero-order valence-corrected chi connectivity index (χ0v) is 36.6. The van der Waals surface area contributed by atoms with Gasteiger partial charge in [0.25, 0.3) is 0 Å². The fourth-order valence-electron chi connectivity index (χ4n) is 10.5. The topological polar surface area (TPSA) is 0 Å². The van der Waals surface area contributed by atoms with Crippen molar-refractivity contribution in [2.24, 2.45) is 0 Å². The molecule has 0 nitrogen and oxygen atoms in total. The second-order valence-electron chi connectivity index (χ2n) is 16.0. The standard InChI is InChI=1S/C50H40Cl2S4/c1-25-39(31-11-7-13-33(31)41-23-47(51)55-27(41)3)21-45(53-25)29-15-17-37-43(19-29)49-35-9-5-6-10-36(35)50(37)44-20-30(16-18-38(44)49)46-22-40(26(2)54-46)32-12-8-14-34(32)42-24-48(52)56-28(42)4/h5-6,9-10,15-24,49-50H,7-8,11-14H2,1-4H3. The van der Waals surface area contributed by atoms with Gasteiger partial charge in [-0.25, -0.2) is 0 Å². The second-order valence-corrected chi connectivity index (χ2v) is 22.3. The van der Waals surface area contributed by atoms with Gasteiger partial charge in [-0.15, -0.1) is 45.3 Å². The van der Waals surface area contributed by atoms with Crippen LogP contribution in [0, 0.1) is 27.7 Å². The summed E-state index contributed by atoms with van der Waals surface area (Å²) in [6, 6.07) is 33.4. The van der Waals surface area contributed by atoms with Gasteiger partial charge in [0, 0.05) is 41.1 Å². The molecule has 3 aromatic carbocycles. The van der Waals surface area contributed by atoms with Crippen molar-refractivity contribution in [3.63, 3.8) is 0 Å². The molecule has 6 heteroatoms. The first-order chi connectivity index (χ1) is 27.2. The molecule has 0 amide bonds. The molecule has 0 saturated heterocycles. The van der Waals surface area contributed by atoms with Gasteiger partial charge in [0.2, 0.25) is 0 Å². The Bertz CT molecular complexity index is 2650. The van der Waals surface area contributed by atoms with Crippen LogP contribution in [0.3, 0.4) is 0 Å². The van der Waals surface area contributed by atoms with Crippen molar-refractivity contribution in [1.82, 2.24) is 0 Å². The van der Waals surface area contributed by atoms with Gasteiger partial charge in [-0.2, -0.15) is 0 Å². The molecule has 0 aliphatic heterocycles. The Labute approximate surface area is 355 Å². The molecule has 2 bridgehead atoms. The van der Waals surface area contributed by atoms with E-state index >= 15 is 0 Å². The van der Waals surface area contributed by atoms with Crippen molar-refractivity contribution in [2.45, 2.75) is 78.1 Å². The molecule has 0 radical (unpaired) electrons. The van der Waals surface area contributed by atoms with Gasteiger partial charge in [0.05, 0.1) is 8.67 Å². The third-order valence-corrected chi connectivity index (χ3v) is 17.5. The van der Waals surface area contributed by atoms with E-state index < -0.39 is 0 Å². The summed E-state index contributed by atoms with van der Waals surface area (Å²) in [6.45, 7) is 9.05. The summed E-state index contributed by atoms with van der Waals surface area (Å²) < 4.78 is 1.78. The van der Waals surface area contributed by atoms with Crippen LogP contribution in [-0.4, -0.2) is 0 Å². The van der Waals surface area contributed by atoms with Crippen molar-refractivity contribution in [1.29, 1.82) is 0 Å². The van der Waals surface area contributed by atoms with Crippen LogP contribution in [0.1, 0.15) is 126 Å². The van der Waals surface area contributed by atoms with Crippen LogP contribution in [0.15, 0.2) is 84.9 Å². The van der Waals surface area contributed by atoms with Crippen LogP contribution >= 0.6 is 68.5 Å². The smallest absolute Gasteiger partial charge is 0.0937 e. The van der Waals surface area contributed by atoms with E-state index in [4.69, 9.17) is 23.2 Å². The highest BCUT2D eigenvalue weighted by atomic mass is 35.5. The number of rotatable bonds is 6. The summed E-state index contributed by atoms with van der Waals surface area (Å²) in [5.41, 5.74) is 23.1. The predicted molar refractivity (Wildman–Crippen MR) is 247 cm³/mol.